The molecule has 0 heterocycles. The molecule has 0 N–H and O–H groups in total. The van der Waals surface area contributed by atoms with Gasteiger partial charge in [0.2, 0.25) is 0 Å². The Kier molecular flexibility index (Phi) is 5.48. The lowest BCUT2D eigenvalue weighted by atomic mass is 10.0. The number of benzene rings is 2. The minimum absolute atomic E-state index is 0.495. The highest BCUT2D eigenvalue weighted by Crippen LogP contribution is 2.25. The number of methoxy groups -OCH3 is 1. The lowest BCUT2D eigenvalue weighted by molar-refractivity contribution is 0.414. The average Bonchev–Trinajstić information content (AvgIpc) is 2.53. The minimum atomic E-state index is 0.495. The molecule has 1 unspecified atom stereocenters. The molecule has 2 rings (SSSR count). The maximum absolute atomic E-state index is 5.27. The van der Waals surface area contributed by atoms with Gasteiger partial charge in [-0.05, 0) is 62.6 Å². The Balaban J connectivity index is 2.29. The SMILES string of the molecule is CCC(C)N(Cc1ccc(C)cc1C)c1ccc(OC)cc1. The van der Waals surface area contributed by atoms with Gasteiger partial charge in [-0.2, -0.15) is 0 Å². The van der Waals surface area contributed by atoms with E-state index < -0.39 is 0 Å². The summed E-state index contributed by atoms with van der Waals surface area (Å²) in [4.78, 5) is 2.47. The topological polar surface area (TPSA) is 12.5 Å². The first-order valence-corrected chi connectivity index (χ1v) is 8.02. The number of hydrogen-bond acceptors (Lipinski definition) is 2. The van der Waals surface area contributed by atoms with Crippen molar-refractivity contribution in [1.82, 2.24) is 0 Å². The van der Waals surface area contributed by atoms with E-state index in [0.717, 1.165) is 18.7 Å². The van der Waals surface area contributed by atoms with Gasteiger partial charge in [0.25, 0.3) is 0 Å². The van der Waals surface area contributed by atoms with Gasteiger partial charge in [-0.25, -0.2) is 0 Å². The van der Waals surface area contributed by atoms with Crippen LogP contribution in [-0.2, 0) is 6.54 Å². The molecule has 0 aliphatic carbocycles. The molecule has 0 saturated carbocycles. The van der Waals surface area contributed by atoms with Crippen molar-refractivity contribution in [2.24, 2.45) is 0 Å². The predicted molar refractivity (Wildman–Crippen MR) is 94.8 cm³/mol. The molecule has 118 valence electrons. The van der Waals surface area contributed by atoms with Gasteiger partial charge in [0.05, 0.1) is 7.11 Å². The van der Waals surface area contributed by atoms with Gasteiger partial charge < -0.3 is 9.64 Å². The van der Waals surface area contributed by atoms with Crippen molar-refractivity contribution in [3.05, 3.63) is 59.2 Å². The highest BCUT2D eigenvalue weighted by atomic mass is 16.5. The molecule has 0 bridgehead atoms. The third kappa shape index (κ3) is 3.82. The van der Waals surface area contributed by atoms with Gasteiger partial charge in [0.15, 0.2) is 0 Å². The summed E-state index contributed by atoms with van der Waals surface area (Å²) in [5, 5.41) is 0. The second kappa shape index (κ2) is 7.35. The molecule has 0 saturated heterocycles. The van der Waals surface area contributed by atoms with Gasteiger partial charge in [-0.3, -0.25) is 0 Å². The van der Waals surface area contributed by atoms with Crippen LogP contribution in [0.3, 0.4) is 0 Å². The van der Waals surface area contributed by atoms with Gasteiger partial charge in [-0.15, -0.1) is 0 Å². The zero-order chi connectivity index (χ0) is 16.1. The Morgan fingerprint density at radius 2 is 1.73 bits per heavy atom. The molecule has 0 radical (unpaired) electrons. The second-order valence-corrected chi connectivity index (χ2v) is 6.01. The second-order valence-electron chi connectivity index (χ2n) is 6.01. The Bertz CT molecular complexity index is 604. The molecule has 2 nitrogen and oxygen atoms in total. The monoisotopic (exact) mass is 297 g/mol. The lowest BCUT2D eigenvalue weighted by Gasteiger charge is -2.31. The van der Waals surface area contributed by atoms with Crippen molar-refractivity contribution >= 4 is 5.69 Å². The number of aryl methyl sites for hydroxylation is 2. The summed E-state index contributed by atoms with van der Waals surface area (Å²) in [6.45, 7) is 9.81. The number of anilines is 1. The Hall–Kier alpha value is -1.96. The molecule has 2 aromatic rings. The van der Waals surface area contributed by atoms with Gasteiger partial charge >= 0.3 is 0 Å². The van der Waals surface area contributed by atoms with Crippen LogP contribution in [0.4, 0.5) is 5.69 Å². The maximum atomic E-state index is 5.27. The van der Waals surface area contributed by atoms with E-state index in [1.807, 2.05) is 12.1 Å². The molecule has 0 aliphatic rings. The van der Waals surface area contributed by atoms with E-state index in [1.165, 1.54) is 22.4 Å². The van der Waals surface area contributed by atoms with E-state index in [-0.39, 0.29) is 0 Å². The van der Waals surface area contributed by atoms with Crippen molar-refractivity contribution < 1.29 is 4.74 Å². The van der Waals surface area contributed by atoms with Crippen molar-refractivity contribution in [2.45, 2.75) is 46.7 Å². The zero-order valence-electron chi connectivity index (χ0n) is 14.4. The fraction of sp³-hybridized carbons (Fsp3) is 0.400. The fourth-order valence-corrected chi connectivity index (χ4v) is 2.70. The van der Waals surface area contributed by atoms with Crippen molar-refractivity contribution in [1.29, 1.82) is 0 Å². The summed E-state index contributed by atoms with van der Waals surface area (Å²) in [6, 6.07) is 15.6. The van der Waals surface area contributed by atoms with E-state index in [0.29, 0.717) is 6.04 Å². The maximum Gasteiger partial charge on any atom is 0.119 e. The molecule has 1 atom stereocenters. The Morgan fingerprint density at radius 3 is 2.27 bits per heavy atom. The molecule has 0 aliphatic heterocycles. The molecule has 0 fully saturated rings. The van der Waals surface area contributed by atoms with Crippen LogP contribution in [-0.4, -0.2) is 13.2 Å². The van der Waals surface area contributed by atoms with Crippen molar-refractivity contribution in [2.75, 3.05) is 12.0 Å². The van der Waals surface area contributed by atoms with Crippen LogP contribution in [0.25, 0.3) is 0 Å². The number of hydrogen-bond donors (Lipinski definition) is 0. The van der Waals surface area contributed by atoms with Crippen LogP contribution in [0, 0.1) is 13.8 Å². The number of nitrogens with zero attached hydrogens (tertiary/aromatic N) is 1. The molecular formula is C20H27NO. The Morgan fingerprint density at radius 1 is 1.05 bits per heavy atom. The van der Waals surface area contributed by atoms with E-state index in [9.17, 15) is 0 Å². The predicted octanol–water partition coefficient (Wildman–Crippen LogP) is 5.12. The molecule has 0 spiro atoms. The Labute approximate surface area is 134 Å². The van der Waals surface area contributed by atoms with E-state index in [2.05, 4.69) is 62.9 Å². The van der Waals surface area contributed by atoms with E-state index in [1.54, 1.807) is 7.11 Å². The molecule has 22 heavy (non-hydrogen) atoms. The largest absolute Gasteiger partial charge is 0.497 e. The smallest absolute Gasteiger partial charge is 0.119 e. The van der Waals surface area contributed by atoms with Crippen LogP contribution in [0.5, 0.6) is 5.75 Å². The van der Waals surface area contributed by atoms with Crippen LogP contribution in [0.2, 0.25) is 0 Å². The van der Waals surface area contributed by atoms with Crippen LogP contribution < -0.4 is 9.64 Å². The molecular weight excluding hydrogens is 270 g/mol. The normalized spacial score (nSPS) is 12.0. The highest BCUT2D eigenvalue weighted by Gasteiger charge is 2.14. The van der Waals surface area contributed by atoms with Crippen molar-refractivity contribution in [3.63, 3.8) is 0 Å². The average molecular weight is 297 g/mol. The van der Waals surface area contributed by atoms with Gasteiger partial charge in [0, 0.05) is 18.3 Å². The first kappa shape index (κ1) is 16.4. The summed E-state index contributed by atoms with van der Waals surface area (Å²) in [6.07, 6.45) is 1.12. The summed E-state index contributed by atoms with van der Waals surface area (Å²) in [5.41, 5.74) is 5.32. The van der Waals surface area contributed by atoms with Crippen LogP contribution >= 0.6 is 0 Å². The first-order valence-electron chi connectivity index (χ1n) is 8.02. The lowest BCUT2D eigenvalue weighted by Crippen LogP contribution is -2.32. The summed E-state index contributed by atoms with van der Waals surface area (Å²) < 4.78 is 5.27. The van der Waals surface area contributed by atoms with Crippen LogP contribution in [0.1, 0.15) is 37.0 Å². The van der Waals surface area contributed by atoms with E-state index in [4.69, 9.17) is 4.74 Å². The summed E-state index contributed by atoms with van der Waals surface area (Å²) in [5.74, 6) is 0.902. The summed E-state index contributed by atoms with van der Waals surface area (Å²) in [7, 11) is 1.71. The quantitative estimate of drug-likeness (QED) is 0.734. The van der Waals surface area contributed by atoms with Crippen LogP contribution in [0.15, 0.2) is 42.5 Å². The molecule has 0 amide bonds. The standard InChI is InChI=1S/C20H27NO/c1-6-17(4)21(19-9-11-20(22-5)12-10-19)14-18-8-7-15(2)13-16(18)3/h7-13,17H,6,14H2,1-5H3. The van der Waals surface area contributed by atoms with Gasteiger partial charge in [0.1, 0.15) is 5.75 Å². The number of ether oxygens (including phenoxy) is 1. The zero-order valence-corrected chi connectivity index (χ0v) is 14.4. The number of rotatable bonds is 6. The first-order chi connectivity index (χ1) is 10.5. The fourth-order valence-electron chi connectivity index (χ4n) is 2.70. The van der Waals surface area contributed by atoms with E-state index >= 15 is 0 Å². The third-order valence-electron chi connectivity index (χ3n) is 4.37. The molecule has 2 heteroatoms. The molecule has 2 aromatic carbocycles. The minimum Gasteiger partial charge on any atom is -0.497 e. The highest BCUT2D eigenvalue weighted by molar-refractivity contribution is 5.51. The van der Waals surface area contributed by atoms with Crippen molar-refractivity contribution in [3.8, 4) is 5.75 Å². The summed E-state index contributed by atoms with van der Waals surface area (Å²) >= 11 is 0. The van der Waals surface area contributed by atoms with Gasteiger partial charge in [-0.1, -0.05) is 30.7 Å². The molecule has 0 aromatic heterocycles. The third-order valence-corrected chi connectivity index (χ3v) is 4.37.